The van der Waals surface area contributed by atoms with Crippen LogP contribution in [0.1, 0.15) is 15.9 Å². The number of hydrogen-bond donors (Lipinski definition) is 0. The highest BCUT2D eigenvalue weighted by Gasteiger charge is 2.19. The van der Waals surface area contributed by atoms with Crippen LogP contribution < -0.4 is 9.47 Å². The van der Waals surface area contributed by atoms with Crippen molar-refractivity contribution in [2.75, 3.05) is 13.2 Å². The molecule has 0 fully saturated rings. The van der Waals surface area contributed by atoms with Gasteiger partial charge in [0.05, 0.1) is 0 Å². The minimum atomic E-state index is -0.114. The first-order valence-corrected chi connectivity index (χ1v) is 7.21. The van der Waals surface area contributed by atoms with E-state index >= 15 is 0 Å². The third kappa shape index (κ3) is 2.53. The monoisotopic (exact) mass is 352 g/mol. The molecular formula is C15H10BrClO3. The van der Waals surface area contributed by atoms with Crippen molar-refractivity contribution in [1.29, 1.82) is 0 Å². The van der Waals surface area contributed by atoms with Gasteiger partial charge in [-0.15, -0.1) is 0 Å². The maximum Gasteiger partial charge on any atom is 0.194 e. The number of ketones is 1. The topological polar surface area (TPSA) is 35.5 Å². The summed E-state index contributed by atoms with van der Waals surface area (Å²) in [5.41, 5.74) is 1.06. The molecule has 1 heterocycles. The highest BCUT2D eigenvalue weighted by Crippen LogP contribution is 2.36. The van der Waals surface area contributed by atoms with Crippen LogP contribution in [0.2, 0.25) is 5.02 Å². The number of ether oxygens (including phenoxy) is 2. The van der Waals surface area contributed by atoms with Gasteiger partial charge in [-0.25, -0.2) is 0 Å². The Balaban J connectivity index is 2.03. The summed E-state index contributed by atoms with van der Waals surface area (Å²) >= 11 is 9.33. The Bertz CT molecular complexity index is 685. The van der Waals surface area contributed by atoms with E-state index in [2.05, 4.69) is 15.9 Å². The van der Waals surface area contributed by atoms with Gasteiger partial charge in [0.2, 0.25) is 0 Å². The average molecular weight is 354 g/mol. The summed E-state index contributed by atoms with van der Waals surface area (Å²) in [6, 6.07) is 10.3. The van der Waals surface area contributed by atoms with Crippen LogP contribution in [0, 0.1) is 0 Å². The first-order valence-electron chi connectivity index (χ1n) is 6.04. The minimum Gasteiger partial charge on any atom is -0.486 e. The maximum atomic E-state index is 12.5. The van der Waals surface area contributed by atoms with Crippen molar-refractivity contribution < 1.29 is 14.3 Å². The normalized spacial score (nSPS) is 13.1. The van der Waals surface area contributed by atoms with Crippen molar-refractivity contribution >= 4 is 33.3 Å². The predicted molar refractivity (Wildman–Crippen MR) is 80.0 cm³/mol. The summed E-state index contributed by atoms with van der Waals surface area (Å²) in [6.45, 7) is 1.00. The lowest BCUT2D eigenvalue weighted by molar-refractivity contribution is 0.103. The van der Waals surface area contributed by atoms with Crippen molar-refractivity contribution in [3.63, 3.8) is 0 Å². The molecular weight excluding hydrogens is 344 g/mol. The van der Waals surface area contributed by atoms with Crippen molar-refractivity contribution in [3.05, 3.63) is 57.0 Å². The number of carbonyl (C=O) groups is 1. The Kier molecular flexibility index (Phi) is 3.68. The number of carbonyl (C=O) groups excluding carboxylic acids is 1. The summed E-state index contributed by atoms with van der Waals surface area (Å²) in [6.07, 6.45) is 0. The molecule has 2 aromatic rings. The van der Waals surface area contributed by atoms with Gasteiger partial charge in [0.1, 0.15) is 13.2 Å². The van der Waals surface area contributed by atoms with Crippen LogP contribution in [0.25, 0.3) is 0 Å². The van der Waals surface area contributed by atoms with Gasteiger partial charge in [-0.1, -0.05) is 23.7 Å². The second kappa shape index (κ2) is 5.46. The van der Waals surface area contributed by atoms with E-state index in [1.807, 2.05) is 0 Å². The molecule has 0 unspecified atom stereocenters. The van der Waals surface area contributed by atoms with Crippen LogP contribution >= 0.6 is 27.5 Å². The van der Waals surface area contributed by atoms with Gasteiger partial charge < -0.3 is 9.47 Å². The van der Waals surface area contributed by atoms with E-state index in [4.69, 9.17) is 21.1 Å². The molecule has 3 nitrogen and oxygen atoms in total. The van der Waals surface area contributed by atoms with Gasteiger partial charge in [0.15, 0.2) is 17.3 Å². The molecule has 1 aliphatic heterocycles. The van der Waals surface area contributed by atoms with Gasteiger partial charge in [-0.3, -0.25) is 4.79 Å². The molecule has 0 atom stereocenters. The standard InChI is InChI=1S/C15H10BrClO3/c16-12-8-14-13(19-4-5-20-14)7-11(12)15(18)9-2-1-3-10(17)6-9/h1-3,6-8H,4-5H2. The van der Waals surface area contributed by atoms with Crippen molar-refractivity contribution in [2.45, 2.75) is 0 Å². The van der Waals surface area contributed by atoms with Gasteiger partial charge in [-0.2, -0.15) is 0 Å². The fraction of sp³-hybridized carbons (Fsp3) is 0.133. The van der Waals surface area contributed by atoms with E-state index in [0.29, 0.717) is 45.3 Å². The number of halogens is 2. The Morgan fingerprint density at radius 2 is 1.80 bits per heavy atom. The summed E-state index contributed by atoms with van der Waals surface area (Å²) < 4.78 is 11.7. The predicted octanol–water partition coefficient (Wildman–Crippen LogP) is 4.10. The third-order valence-electron chi connectivity index (χ3n) is 2.96. The molecule has 102 valence electrons. The summed E-state index contributed by atoms with van der Waals surface area (Å²) in [4.78, 5) is 12.5. The second-order valence-electron chi connectivity index (χ2n) is 4.32. The van der Waals surface area contributed by atoms with E-state index in [9.17, 15) is 4.79 Å². The lowest BCUT2D eigenvalue weighted by Crippen LogP contribution is -2.16. The summed E-state index contributed by atoms with van der Waals surface area (Å²) in [5.74, 6) is 1.12. The van der Waals surface area contributed by atoms with Gasteiger partial charge in [0.25, 0.3) is 0 Å². The largest absolute Gasteiger partial charge is 0.486 e. The van der Waals surface area contributed by atoms with Crippen molar-refractivity contribution in [1.82, 2.24) is 0 Å². The molecule has 0 amide bonds. The van der Waals surface area contributed by atoms with Gasteiger partial charge >= 0.3 is 0 Å². The fourth-order valence-corrected chi connectivity index (χ4v) is 2.72. The van der Waals surface area contributed by atoms with Crippen LogP contribution in [0.4, 0.5) is 0 Å². The SMILES string of the molecule is O=C(c1cccc(Cl)c1)c1cc2c(cc1Br)OCCO2. The molecule has 0 N–H and O–H groups in total. The number of fused-ring (bicyclic) bond motifs is 1. The third-order valence-corrected chi connectivity index (χ3v) is 3.85. The Morgan fingerprint density at radius 1 is 1.10 bits per heavy atom. The molecule has 0 saturated carbocycles. The zero-order valence-corrected chi connectivity index (χ0v) is 12.7. The van der Waals surface area contributed by atoms with E-state index in [1.165, 1.54) is 0 Å². The van der Waals surface area contributed by atoms with E-state index < -0.39 is 0 Å². The van der Waals surface area contributed by atoms with Crippen molar-refractivity contribution in [3.8, 4) is 11.5 Å². The van der Waals surface area contributed by atoms with E-state index in [0.717, 1.165) is 0 Å². The summed E-state index contributed by atoms with van der Waals surface area (Å²) in [5, 5.41) is 0.532. The molecule has 0 spiro atoms. The van der Waals surface area contributed by atoms with Gasteiger partial charge in [-0.05, 0) is 40.2 Å². The highest BCUT2D eigenvalue weighted by atomic mass is 79.9. The molecule has 20 heavy (non-hydrogen) atoms. The minimum absolute atomic E-state index is 0.114. The first kappa shape index (κ1) is 13.5. The Morgan fingerprint density at radius 3 is 2.50 bits per heavy atom. The van der Waals surface area contributed by atoms with E-state index in [-0.39, 0.29) is 5.78 Å². The molecule has 2 aromatic carbocycles. The molecule has 3 rings (SSSR count). The first-order chi connectivity index (χ1) is 9.65. The van der Waals surface area contributed by atoms with Crippen LogP contribution in [-0.4, -0.2) is 19.0 Å². The molecule has 0 radical (unpaired) electrons. The highest BCUT2D eigenvalue weighted by molar-refractivity contribution is 9.10. The van der Waals surface area contributed by atoms with Crippen LogP contribution in [0.5, 0.6) is 11.5 Å². The maximum absolute atomic E-state index is 12.5. The Labute approximate surface area is 129 Å². The zero-order chi connectivity index (χ0) is 14.1. The number of rotatable bonds is 2. The molecule has 0 aromatic heterocycles. The van der Waals surface area contributed by atoms with Gasteiger partial charge in [0, 0.05) is 20.6 Å². The Hall–Kier alpha value is -1.52. The lowest BCUT2D eigenvalue weighted by atomic mass is 10.0. The molecule has 0 saturated heterocycles. The molecule has 0 bridgehead atoms. The van der Waals surface area contributed by atoms with E-state index in [1.54, 1.807) is 36.4 Å². The quantitative estimate of drug-likeness (QED) is 0.762. The second-order valence-corrected chi connectivity index (χ2v) is 5.61. The molecule has 1 aliphatic rings. The van der Waals surface area contributed by atoms with Crippen molar-refractivity contribution in [2.24, 2.45) is 0 Å². The van der Waals surface area contributed by atoms with Crippen LogP contribution in [0.3, 0.4) is 0 Å². The molecule has 5 heteroatoms. The number of benzene rings is 2. The fourth-order valence-electron chi connectivity index (χ4n) is 2.02. The smallest absolute Gasteiger partial charge is 0.194 e. The lowest BCUT2D eigenvalue weighted by Gasteiger charge is -2.19. The van der Waals surface area contributed by atoms with Crippen LogP contribution in [0.15, 0.2) is 40.9 Å². The number of hydrogen-bond acceptors (Lipinski definition) is 3. The van der Waals surface area contributed by atoms with Crippen LogP contribution in [-0.2, 0) is 0 Å². The summed E-state index contributed by atoms with van der Waals surface area (Å²) in [7, 11) is 0. The average Bonchev–Trinajstić information content (AvgIpc) is 2.46. The molecule has 0 aliphatic carbocycles. The zero-order valence-electron chi connectivity index (χ0n) is 10.4.